The summed E-state index contributed by atoms with van der Waals surface area (Å²) in [5, 5.41) is 0. The molecule has 168 valence electrons. The number of hydrogen-bond donors (Lipinski definition) is 0. The van der Waals surface area contributed by atoms with Gasteiger partial charge >= 0.3 is 0 Å². The lowest BCUT2D eigenvalue weighted by molar-refractivity contribution is -0.138. The van der Waals surface area contributed by atoms with Crippen molar-refractivity contribution in [2.45, 2.75) is 46.8 Å². The maximum atomic E-state index is 13.6. The Hall–Kier alpha value is -3.15. The second-order valence-corrected chi connectivity index (χ2v) is 9.32. The normalized spacial score (nSPS) is 21.7. The number of carbonyl (C=O) groups excluding carboxylic acids is 2. The Morgan fingerprint density at radius 2 is 1.59 bits per heavy atom. The monoisotopic (exact) mass is 433 g/mol. The number of ether oxygens (including phenoxy) is 1. The molecule has 1 fully saturated rings. The van der Waals surface area contributed by atoms with Gasteiger partial charge in [0.1, 0.15) is 11.4 Å². The average Bonchev–Trinajstić information content (AvgIpc) is 2.99. The SMILES string of the molecule is CC1CC(C)CN(C2=C(c3ccc(OC(C)C)cc3)C(=O)N(Cc3ccncc3)C2=O)C1. The predicted molar refractivity (Wildman–Crippen MR) is 123 cm³/mol. The number of benzene rings is 1. The first-order valence-corrected chi connectivity index (χ1v) is 11.3. The molecule has 0 bridgehead atoms. The van der Waals surface area contributed by atoms with Crippen molar-refractivity contribution in [2.75, 3.05) is 13.1 Å². The van der Waals surface area contributed by atoms with Crippen LogP contribution in [0.1, 0.15) is 45.2 Å². The molecule has 0 aliphatic carbocycles. The number of carbonyl (C=O) groups is 2. The van der Waals surface area contributed by atoms with Crippen LogP contribution in [0.3, 0.4) is 0 Å². The predicted octanol–water partition coefficient (Wildman–Crippen LogP) is 4.13. The van der Waals surface area contributed by atoms with Crippen molar-refractivity contribution in [1.29, 1.82) is 0 Å². The third kappa shape index (κ3) is 4.54. The highest BCUT2D eigenvalue weighted by Crippen LogP contribution is 2.36. The van der Waals surface area contributed by atoms with Gasteiger partial charge in [0.15, 0.2) is 0 Å². The number of nitrogens with zero attached hydrogens (tertiary/aromatic N) is 3. The molecule has 3 heterocycles. The van der Waals surface area contributed by atoms with Gasteiger partial charge < -0.3 is 9.64 Å². The topological polar surface area (TPSA) is 62.7 Å². The molecule has 0 spiro atoms. The Morgan fingerprint density at radius 1 is 0.969 bits per heavy atom. The third-order valence-electron chi connectivity index (χ3n) is 5.93. The Bertz CT molecular complexity index is 1000. The minimum absolute atomic E-state index is 0.0671. The second kappa shape index (κ2) is 9.15. The summed E-state index contributed by atoms with van der Waals surface area (Å²) in [6, 6.07) is 11.2. The smallest absolute Gasteiger partial charge is 0.278 e. The first-order valence-electron chi connectivity index (χ1n) is 11.3. The molecule has 2 aliphatic heterocycles. The summed E-state index contributed by atoms with van der Waals surface area (Å²) in [5.41, 5.74) is 2.64. The molecule has 2 unspecified atom stereocenters. The molecule has 0 radical (unpaired) electrons. The number of imide groups is 1. The van der Waals surface area contributed by atoms with Crippen molar-refractivity contribution < 1.29 is 14.3 Å². The Morgan fingerprint density at radius 3 is 2.19 bits per heavy atom. The van der Waals surface area contributed by atoms with E-state index in [0.717, 1.165) is 36.4 Å². The lowest BCUT2D eigenvalue weighted by Crippen LogP contribution is -2.41. The highest BCUT2D eigenvalue weighted by Gasteiger charge is 2.42. The molecule has 2 aromatic rings. The van der Waals surface area contributed by atoms with Gasteiger partial charge in [0.2, 0.25) is 0 Å². The summed E-state index contributed by atoms with van der Waals surface area (Å²) in [4.78, 5) is 34.7. The van der Waals surface area contributed by atoms with Crippen LogP contribution in [-0.4, -0.2) is 45.8 Å². The lowest BCUT2D eigenvalue weighted by Gasteiger charge is -2.37. The first kappa shape index (κ1) is 22.1. The highest BCUT2D eigenvalue weighted by molar-refractivity contribution is 6.35. The first-order chi connectivity index (χ1) is 15.3. The Balaban J connectivity index is 1.72. The van der Waals surface area contributed by atoms with Crippen molar-refractivity contribution in [3.05, 3.63) is 65.6 Å². The van der Waals surface area contributed by atoms with Gasteiger partial charge in [-0.3, -0.25) is 19.5 Å². The van der Waals surface area contributed by atoms with Gasteiger partial charge in [0.25, 0.3) is 11.8 Å². The van der Waals surface area contributed by atoms with Crippen molar-refractivity contribution in [3.63, 3.8) is 0 Å². The van der Waals surface area contributed by atoms with E-state index in [1.807, 2.05) is 50.2 Å². The van der Waals surface area contributed by atoms with Crippen molar-refractivity contribution in [3.8, 4) is 5.75 Å². The Kier molecular flexibility index (Phi) is 6.31. The molecule has 32 heavy (non-hydrogen) atoms. The molecule has 4 rings (SSSR count). The summed E-state index contributed by atoms with van der Waals surface area (Å²) < 4.78 is 5.76. The zero-order chi connectivity index (χ0) is 22.8. The van der Waals surface area contributed by atoms with Gasteiger partial charge in [-0.1, -0.05) is 26.0 Å². The van der Waals surface area contributed by atoms with Crippen LogP contribution in [-0.2, 0) is 16.1 Å². The standard InChI is InChI=1S/C26H31N3O3/c1-17(2)32-22-7-5-21(6-8-22)23-24(28-14-18(3)13-19(4)15-28)26(31)29(25(23)30)16-20-9-11-27-12-10-20/h5-12,17-19H,13-16H2,1-4H3. The molecular formula is C26H31N3O3. The van der Waals surface area contributed by atoms with Crippen LogP contribution in [0.4, 0.5) is 0 Å². The minimum Gasteiger partial charge on any atom is -0.491 e. The van der Waals surface area contributed by atoms with Crippen molar-refractivity contribution in [1.82, 2.24) is 14.8 Å². The van der Waals surface area contributed by atoms with Gasteiger partial charge in [-0.2, -0.15) is 0 Å². The van der Waals surface area contributed by atoms with Crippen LogP contribution in [0.25, 0.3) is 5.57 Å². The fourth-order valence-corrected chi connectivity index (χ4v) is 4.75. The Labute approximate surface area is 189 Å². The maximum Gasteiger partial charge on any atom is 0.278 e. The fraction of sp³-hybridized carbons (Fsp3) is 0.423. The quantitative estimate of drug-likeness (QED) is 0.641. The maximum absolute atomic E-state index is 13.6. The summed E-state index contributed by atoms with van der Waals surface area (Å²) in [5.74, 6) is 1.21. The van der Waals surface area contributed by atoms with Gasteiger partial charge in [0, 0.05) is 25.5 Å². The van der Waals surface area contributed by atoms with E-state index in [1.165, 1.54) is 4.90 Å². The molecule has 2 amide bonds. The van der Waals surface area contributed by atoms with Crippen molar-refractivity contribution in [2.24, 2.45) is 11.8 Å². The minimum atomic E-state index is -0.245. The molecule has 1 saturated heterocycles. The molecule has 0 N–H and O–H groups in total. The van der Waals surface area contributed by atoms with E-state index in [-0.39, 0.29) is 24.5 Å². The van der Waals surface area contributed by atoms with Gasteiger partial charge in [-0.05, 0) is 67.5 Å². The number of pyridine rings is 1. The summed E-state index contributed by atoms with van der Waals surface area (Å²) in [6.07, 6.45) is 4.55. The van der Waals surface area contributed by atoms with Gasteiger partial charge in [0.05, 0.1) is 18.2 Å². The van der Waals surface area contributed by atoms with Crippen LogP contribution in [0.5, 0.6) is 5.75 Å². The van der Waals surface area contributed by atoms with E-state index >= 15 is 0 Å². The highest BCUT2D eigenvalue weighted by atomic mass is 16.5. The van der Waals surface area contributed by atoms with E-state index in [1.54, 1.807) is 12.4 Å². The average molecular weight is 434 g/mol. The summed E-state index contributed by atoms with van der Waals surface area (Å²) in [7, 11) is 0. The number of rotatable bonds is 6. The zero-order valence-electron chi connectivity index (χ0n) is 19.2. The molecule has 2 atom stereocenters. The fourth-order valence-electron chi connectivity index (χ4n) is 4.75. The third-order valence-corrected chi connectivity index (χ3v) is 5.93. The van der Waals surface area contributed by atoms with E-state index in [9.17, 15) is 9.59 Å². The molecular weight excluding hydrogens is 402 g/mol. The number of hydrogen-bond acceptors (Lipinski definition) is 5. The summed E-state index contributed by atoms with van der Waals surface area (Å²) in [6.45, 7) is 10.2. The molecule has 6 heteroatoms. The van der Waals surface area contributed by atoms with Crippen LogP contribution in [0.2, 0.25) is 0 Å². The van der Waals surface area contributed by atoms with E-state index < -0.39 is 0 Å². The number of likely N-dealkylation sites (tertiary alicyclic amines) is 1. The van der Waals surface area contributed by atoms with Crippen LogP contribution < -0.4 is 4.74 Å². The number of amides is 2. The number of aromatic nitrogens is 1. The molecule has 6 nitrogen and oxygen atoms in total. The van der Waals surface area contributed by atoms with E-state index in [4.69, 9.17) is 4.74 Å². The molecule has 1 aromatic heterocycles. The van der Waals surface area contributed by atoms with Gasteiger partial charge in [-0.25, -0.2) is 0 Å². The van der Waals surface area contributed by atoms with E-state index in [0.29, 0.717) is 23.1 Å². The zero-order valence-corrected chi connectivity index (χ0v) is 19.2. The second-order valence-electron chi connectivity index (χ2n) is 9.32. The van der Waals surface area contributed by atoms with E-state index in [2.05, 4.69) is 23.7 Å². The molecule has 0 saturated carbocycles. The molecule has 1 aromatic carbocycles. The largest absolute Gasteiger partial charge is 0.491 e. The molecule has 2 aliphatic rings. The van der Waals surface area contributed by atoms with Crippen LogP contribution in [0, 0.1) is 11.8 Å². The van der Waals surface area contributed by atoms with Crippen LogP contribution >= 0.6 is 0 Å². The number of piperidine rings is 1. The lowest BCUT2D eigenvalue weighted by atomic mass is 9.91. The van der Waals surface area contributed by atoms with Gasteiger partial charge in [-0.15, -0.1) is 0 Å². The van der Waals surface area contributed by atoms with Crippen molar-refractivity contribution >= 4 is 17.4 Å². The summed E-state index contributed by atoms with van der Waals surface area (Å²) >= 11 is 0. The van der Waals surface area contributed by atoms with Crippen LogP contribution in [0.15, 0.2) is 54.5 Å².